The molecule has 4 amide bonds. The van der Waals surface area contributed by atoms with Crippen molar-refractivity contribution in [1.82, 2.24) is 10.2 Å². The van der Waals surface area contributed by atoms with Crippen molar-refractivity contribution in [3.05, 3.63) is 29.3 Å². The molecule has 1 atom stereocenters. The van der Waals surface area contributed by atoms with E-state index in [9.17, 15) is 19.2 Å². The second-order valence-corrected chi connectivity index (χ2v) is 9.28. The number of imide groups is 2. The normalized spacial score (nSPS) is 17.8. The fourth-order valence-corrected chi connectivity index (χ4v) is 4.75. The Morgan fingerprint density at radius 3 is 2.09 bits per heavy atom. The van der Waals surface area contributed by atoms with E-state index in [4.69, 9.17) is 5.73 Å². The topological polar surface area (TPSA) is 122 Å². The Morgan fingerprint density at radius 2 is 1.47 bits per heavy atom. The molecular weight excluding hydrogens is 432 g/mol. The molecule has 1 fully saturated rings. The predicted octanol–water partition coefficient (Wildman–Crippen LogP) is 3.75. The minimum atomic E-state index is -0.941. The number of nitrogens with one attached hydrogen (secondary N) is 2. The highest BCUT2D eigenvalue weighted by molar-refractivity contribution is 6.25. The summed E-state index contributed by atoms with van der Waals surface area (Å²) < 4.78 is 0. The number of nitrogens with two attached hydrogens (primary N) is 1. The highest BCUT2D eigenvalue weighted by atomic mass is 16.2. The second-order valence-electron chi connectivity index (χ2n) is 9.28. The van der Waals surface area contributed by atoms with Crippen molar-refractivity contribution >= 4 is 29.3 Å². The van der Waals surface area contributed by atoms with E-state index in [-0.39, 0.29) is 18.7 Å². The Morgan fingerprint density at radius 1 is 0.853 bits per heavy atom. The molecule has 34 heavy (non-hydrogen) atoms. The summed E-state index contributed by atoms with van der Waals surface area (Å²) in [7, 11) is 0. The molecule has 8 nitrogen and oxygen atoms in total. The molecule has 1 aromatic carbocycles. The van der Waals surface area contributed by atoms with Crippen LogP contribution in [0.1, 0.15) is 104 Å². The molecule has 0 aliphatic carbocycles. The molecular formula is C26H38N4O4. The van der Waals surface area contributed by atoms with Crippen molar-refractivity contribution in [3.63, 3.8) is 0 Å². The lowest BCUT2D eigenvalue weighted by molar-refractivity contribution is -0.136. The average molecular weight is 471 g/mol. The fraction of sp³-hybridized carbons (Fsp3) is 0.615. The maximum atomic E-state index is 13.1. The van der Waals surface area contributed by atoms with Crippen LogP contribution in [0, 0.1) is 0 Å². The van der Waals surface area contributed by atoms with E-state index < -0.39 is 23.8 Å². The quantitative estimate of drug-likeness (QED) is 0.265. The van der Waals surface area contributed by atoms with Gasteiger partial charge in [-0.2, -0.15) is 0 Å². The second kappa shape index (κ2) is 13.2. The van der Waals surface area contributed by atoms with Crippen molar-refractivity contribution in [3.8, 4) is 0 Å². The van der Waals surface area contributed by atoms with Crippen molar-refractivity contribution < 1.29 is 19.2 Å². The van der Waals surface area contributed by atoms with Gasteiger partial charge in [0.25, 0.3) is 11.8 Å². The van der Waals surface area contributed by atoms with Gasteiger partial charge in [0.2, 0.25) is 11.8 Å². The predicted molar refractivity (Wildman–Crippen MR) is 131 cm³/mol. The Balaban J connectivity index is 1.39. The number of amides is 4. The fourth-order valence-electron chi connectivity index (χ4n) is 4.75. The van der Waals surface area contributed by atoms with Crippen molar-refractivity contribution in [2.24, 2.45) is 5.73 Å². The zero-order valence-corrected chi connectivity index (χ0v) is 20.1. The number of nitrogens with zero attached hydrogens (tertiary/aromatic N) is 1. The Kier molecular flexibility index (Phi) is 10.1. The first kappa shape index (κ1) is 25.9. The molecule has 0 spiro atoms. The third-order valence-corrected chi connectivity index (χ3v) is 6.66. The molecule has 2 heterocycles. The number of hydrogen-bond acceptors (Lipinski definition) is 6. The molecule has 1 aromatic rings. The Bertz CT molecular complexity index is 886. The van der Waals surface area contributed by atoms with Crippen LogP contribution in [-0.4, -0.2) is 47.7 Å². The summed E-state index contributed by atoms with van der Waals surface area (Å²) in [5.41, 5.74) is 6.77. The summed E-state index contributed by atoms with van der Waals surface area (Å²) >= 11 is 0. The van der Waals surface area contributed by atoms with Gasteiger partial charge in [0.05, 0.1) is 11.1 Å². The van der Waals surface area contributed by atoms with Crippen LogP contribution in [0.15, 0.2) is 18.2 Å². The van der Waals surface area contributed by atoms with Gasteiger partial charge in [0.15, 0.2) is 0 Å². The van der Waals surface area contributed by atoms with Gasteiger partial charge >= 0.3 is 0 Å². The van der Waals surface area contributed by atoms with Gasteiger partial charge < -0.3 is 11.1 Å². The molecule has 186 valence electrons. The van der Waals surface area contributed by atoms with E-state index in [1.165, 1.54) is 51.4 Å². The van der Waals surface area contributed by atoms with Crippen LogP contribution in [-0.2, 0) is 9.59 Å². The molecule has 1 unspecified atom stereocenters. The van der Waals surface area contributed by atoms with E-state index >= 15 is 0 Å². The van der Waals surface area contributed by atoms with Crippen molar-refractivity contribution in [2.45, 2.75) is 89.5 Å². The summed E-state index contributed by atoms with van der Waals surface area (Å²) in [4.78, 5) is 50.6. The number of carbonyl (C=O) groups excluding carboxylic acids is 4. The van der Waals surface area contributed by atoms with Crippen LogP contribution in [0.2, 0.25) is 0 Å². The summed E-state index contributed by atoms with van der Waals surface area (Å²) in [6, 6.07) is 4.22. The molecule has 0 saturated carbocycles. The Hall–Kier alpha value is -2.74. The van der Waals surface area contributed by atoms with Gasteiger partial charge in [0.1, 0.15) is 6.04 Å². The summed E-state index contributed by atoms with van der Waals surface area (Å²) in [5.74, 6) is -1.91. The number of anilines is 1. The summed E-state index contributed by atoms with van der Waals surface area (Å²) in [6.07, 6.45) is 13.7. The molecule has 4 N–H and O–H groups in total. The molecule has 0 bridgehead atoms. The van der Waals surface area contributed by atoms with E-state index in [0.29, 0.717) is 16.8 Å². The van der Waals surface area contributed by atoms with Gasteiger partial charge in [-0.05, 0) is 37.9 Å². The lowest BCUT2D eigenvalue weighted by Crippen LogP contribution is -2.54. The number of fused-ring (bicyclic) bond motifs is 1. The number of rotatable bonds is 15. The number of piperidine rings is 1. The summed E-state index contributed by atoms with van der Waals surface area (Å²) in [6.45, 7) is 1.52. The number of unbranched alkanes of at least 4 members (excludes halogenated alkanes) is 10. The van der Waals surface area contributed by atoms with Crippen LogP contribution in [0.4, 0.5) is 5.69 Å². The van der Waals surface area contributed by atoms with Crippen molar-refractivity contribution in [2.75, 3.05) is 18.4 Å². The first-order valence-electron chi connectivity index (χ1n) is 12.8. The van der Waals surface area contributed by atoms with Crippen LogP contribution in [0.3, 0.4) is 0 Å². The first-order chi connectivity index (χ1) is 16.5. The first-order valence-corrected chi connectivity index (χ1v) is 12.8. The van der Waals surface area contributed by atoms with Gasteiger partial charge in [-0.15, -0.1) is 0 Å². The van der Waals surface area contributed by atoms with E-state index in [1.54, 1.807) is 18.2 Å². The smallest absolute Gasteiger partial charge is 0.264 e. The zero-order chi connectivity index (χ0) is 24.3. The van der Waals surface area contributed by atoms with Crippen molar-refractivity contribution in [1.29, 1.82) is 0 Å². The number of benzene rings is 1. The SMILES string of the molecule is NCCCCCCCCCCCCCNc1cccc2c1C(=O)N(C1CCC(=O)NC1=O)C2=O. The van der Waals surface area contributed by atoms with E-state index in [0.717, 1.165) is 37.3 Å². The van der Waals surface area contributed by atoms with Crippen LogP contribution >= 0.6 is 0 Å². The van der Waals surface area contributed by atoms with Crippen LogP contribution in [0.25, 0.3) is 0 Å². The largest absolute Gasteiger partial charge is 0.384 e. The molecule has 8 heteroatoms. The van der Waals surface area contributed by atoms with Gasteiger partial charge in [0, 0.05) is 18.7 Å². The minimum Gasteiger partial charge on any atom is -0.384 e. The maximum Gasteiger partial charge on any atom is 0.264 e. The van der Waals surface area contributed by atoms with E-state index in [2.05, 4.69) is 10.6 Å². The van der Waals surface area contributed by atoms with Gasteiger partial charge in [-0.1, -0.05) is 63.9 Å². The number of hydrogen-bond donors (Lipinski definition) is 3. The standard InChI is InChI=1S/C26H38N4O4/c27-17-10-8-6-4-2-1-3-5-7-9-11-18-28-20-14-12-13-19-23(20)26(34)30(25(19)33)21-15-16-22(31)29-24(21)32/h12-14,21,28H,1-11,15-18,27H2,(H,29,31,32). The van der Waals surface area contributed by atoms with Crippen LogP contribution in [0.5, 0.6) is 0 Å². The molecule has 2 aliphatic rings. The third-order valence-electron chi connectivity index (χ3n) is 6.66. The van der Waals surface area contributed by atoms with Gasteiger partial charge in [-0.25, -0.2) is 0 Å². The van der Waals surface area contributed by atoms with E-state index in [1.807, 2.05) is 0 Å². The minimum absolute atomic E-state index is 0.115. The number of carbonyl (C=O) groups is 4. The van der Waals surface area contributed by atoms with Gasteiger partial charge in [-0.3, -0.25) is 29.4 Å². The Labute approximate surface area is 202 Å². The zero-order valence-electron chi connectivity index (χ0n) is 20.1. The molecule has 2 aliphatic heterocycles. The molecule has 0 radical (unpaired) electrons. The maximum absolute atomic E-state index is 13.1. The average Bonchev–Trinajstić information content (AvgIpc) is 3.08. The lowest BCUT2D eigenvalue weighted by Gasteiger charge is -2.27. The monoisotopic (exact) mass is 470 g/mol. The summed E-state index contributed by atoms with van der Waals surface area (Å²) in [5, 5.41) is 5.53. The molecule has 0 aromatic heterocycles. The third kappa shape index (κ3) is 6.65. The van der Waals surface area contributed by atoms with Crippen LogP contribution < -0.4 is 16.4 Å². The molecule has 1 saturated heterocycles. The highest BCUT2D eigenvalue weighted by Crippen LogP contribution is 2.32. The molecule has 3 rings (SSSR count). The lowest BCUT2D eigenvalue weighted by atomic mass is 10.0. The highest BCUT2D eigenvalue weighted by Gasteiger charge is 2.45.